The SMILES string of the molecule is c1ccc2c(c1)oc1c[n+](-c3cccc4c3ccc3c5ncncc5oc43)cnc12. The Balaban J connectivity index is 1.52. The number of furan rings is 2. The average molecular weight is 389 g/mol. The smallest absolute Gasteiger partial charge is 0.292 e. The van der Waals surface area contributed by atoms with Crippen molar-refractivity contribution < 1.29 is 13.4 Å². The molecule has 0 saturated heterocycles. The Bertz CT molecular complexity index is 1760. The number of rotatable bonds is 1. The van der Waals surface area contributed by atoms with Crippen molar-refractivity contribution in [3.05, 3.63) is 79.6 Å². The summed E-state index contributed by atoms with van der Waals surface area (Å²) < 4.78 is 14.1. The largest absolute Gasteiger partial charge is 0.452 e. The highest BCUT2D eigenvalue weighted by Crippen LogP contribution is 2.34. The molecule has 0 saturated carbocycles. The lowest BCUT2D eigenvalue weighted by Gasteiger charge is -2.04. The van der Waals surface area contributed by atoms with Gasteiger partial charge in [-0.25, -0.2) is 9.97 Å². The van der Waals surface area contributed by atoms with E-state index in [1.807, 2.05) is 53.5 Å². The third kappa shape index (κ3) is 2.02. The van der Waals surface area contributed by atoms with E-state index in [0.717, 1.165) is 55.0 Å². The van der Waals surface area contributed by atoms with Gasteiger partial charge in [-0.1, -0.05) is 24.3 Å². The summed E-state index contributed by atoms with van der Waals surface area (Å²) in [7, 11) is 0. The van der Waals surface area contributed by atoms with Crippen molar-refractivity contribution in [2.24, 2.45) is 0 Å². The van der Waals surface area contributed by atoms with Crippen LogP contribution >= 0.6 is 0 Å². The molecule has 0 spiro atoms. The molecule has 0 aliphatic rings. The first-order valence-electron chi connectivity index (χ1n) is 9.60. The molecule has 0 aliphatic carbocycles. The number of hydrogen-bond acceptors (Lipinski definition) is 5. The molecule has 4 aromatic heterocycles. The maximum Gasteiger partial charge on any atom is 0.292 e. The highest BCUT2D eigenvalue weighted by molar-refractivity contribution is 6.14. The van der Waals surface area contributed by atoms with Gasteiger partial charge in [0.2, 0.25) is 11.1 Å². The first-order chi connectivity index (χ1) is 14.9. The van der Waals surface area contributed by atoms with E-state index in [-0.39, 0.29) is 0 Å². The minimum absolute atomic E-state index is 0.684. The molecule has 0 unspecified atom stereocenters. The van der Waals surface area contributed by atoms with Gasteiger partial charge in [0.25, 0.3) is 6.33 Å². The molecule has 3 aromatic carbocycles. The molecule has 7 aromatic rings. The third-order valence-corrected chi connectivity index (χ3v) is 5.58. The summed E-state index contributed by atoms with van der Waals surface area (Å²) in [5, 5.41) is 4.06. The molecule has 0 N–H and O–H groups in total. The molecule has 0 radical (unpaired) electrons. The zero-order valence-corrected chi connectivity index (χ0v) is 15.6. The van der Waals surface area contributed by atoms with Gasteiger partial charge in [0.1, 0.15) is 34.9 Å². The van der Waals surface area contributed by atoms with E-state index < -0.39 is 0 Å². The Hall–Kier alpha value is -4.32. The van der Waals surface area contributed by atoms with Crippen LogP contribution in [0.15, 0.2) is 88.5 Å². The van der Waals surface area contributed by atoms with E-state index in [0.29, 0.717) is 5.58 Å². The maximum atomic E-state index is 6.10. The Morgan fingerprint density at radius 2 is 1.53 bits per heavy atom. The Morgan fingerprint density at radius 3 is 2.53 bits per heavy atom. The Morgan fingerprint density at radius 1 is 0.667 bits per heavy atom. The van der Waals surface area contributed by atoms with Crippen molar-refractivity contribution in [3.63, 3.8) is 0 Å². The van der Waals surface area contributed by atoms with Crippen molar-refractivity contribution in [1.29, 1.82) is 0 Å². The standard InChI is InChI=1S/C24H13N4O2/c1-2-7-19-16(4-1)22-21(29-19)11-28(13-27-22)18-6-3-5-15-14(18)8-9-17-23-20(30-24(15)17)10-25-12-26-23/h1-13H/q+1. The van der Waals surface area contributed by atoms with Gasteiger partial charge >= 0.3 is 0 Å². The van der Waals surface area contributed by atoms with Crippen molar-refractivity contribution in [3.8, 4) is 5.69 Å². The van der Waals surface area contributed by atoms with Gasteiger partial charge in [-0.3, -0.25) is 0 Å². The lowest BCUT2D eigenvalue weighted by atomic mass is 10.1. The summed E-state index contributed by atoms with van der Waals surface area (Å²) in [5.41, 5.74) is 5.75. The van der Waals surface area contributed by atoms with E-state index in [2.05, 4.69) is 33.2 Å². The molecule has 0 aliphatic heterocycles. The van der Waals surface area contributed by atoms with Crippen LogP contribution in [-0.4, -0.2) is 15.0 Å². The van der Waals surface area contributed by atoms with Crippen LogP contribution in [0, 0.1) is 0 Å². The second-order valence-corrected chi connectivity index (χ2v) is 7.24. The van der Waals surface area contributed by atoms with Gasteiger partial charge in [-0.15, -0.1) is 0 Å². The minimum atomic E-state index is 0.684. The quantitative estimate of drug-likeness (QED) is 0.365. The minimum Gasteiger partial charge on any atom is -0.452 e. The fraction of sp³-hybridized carbons (Fsp3) is 0. The number of hydrogen-bond donors (Lipinski definition) is 0. The molecule has 6 heteroatoms. The topological polar surface area (TPSA) is 68.8 Å². The molecule has 30 heavy (non-hydrogen) atoms. The Kier molecular flexibility index (Phi) is 2.91. The molecular formula is C24H13N4O2+. The van der Waals surface area contributed by atoms with Gasteiger partial charge in [0, 0.05) is 16.2 Å². The van der Waals surface area contributed by atoms with Gasteiger partial charge in [-0.2, -0.15) is 4.57 Å². The van der Waals surface area contributed by atoms with Crippen LogP contribution in [0.2, 0.25) is 0 Å². The van der Waals surface area contributed by atoms with Crippen molar-refractivity contribution in [1.82, 2.24) is 15.0 Å². The zero-order valence-electron chi connectivity index (χ0n) is 15.6. The molecule has 0 fully saturated rings. The van der Waals surface area contributed by atoms with Crippen LogP contribution < -0.4 is 4.57 Å². The van der Waals surface area contributed by atoms with Crippen molar-refractivity contribution >= 4 is 54.9 Å². The second-order valence-electron chi connectivity index (χ2n) is 7.24. The lowest BCUT2D eigenvalue weighted by Crippen LogP contribution is -2.30. The first kappa shape index (κ1) is 15.6. The van der Waals surface area contributed by atoms with Crippen molar-refractivity contribution in [2.75, 3.05) is 0 Å². The average Bonchev–Trinajstić information content (AvgIpc) is 3.36. The van der Waals surface area contributed by atoms with Crippen LogP contribution in [0.1, 0.15) is 0 Å². The zero-order chi connectivity index (χ0) is 19.7. The van der Waals surface area contributed by atoms with E-state index in [4.69, 9.17) is 8.83 Å². The molecule has 4 heterocycles. The molecule has 0 amide bonds. The molecule has 140 valence electrons. The van der Waals surface area contributed by atoms with Crippen LogP contribution in [0.25, 0.3) is 60.6 Å². The molecule has 7 rings (SSSR count). The van der Waals surface area contributed by atoms with E-state index >= 15 is 0 Å². The monoisotopic (exact) mass is 389 g/mol. The summed E-state index contributed by atoms with van der Waals surface area (Å²) in [6.45, 7) is 0. The highest BCUT2D eigenvalue weighted by atomic mass is 16.3. The third-order valence-electron chi connectivity index (χ3n) is 5.58. The summed E-state index contributed by atoms with van der Waals surface area (Å²) in [6, 6.07) is 18.2. The fourth-order valence-corrected chi connectivity index (χ4v) is 4.22. The lowest BCUT2D eigenvalue weighted by molar-refractivity contribution is -0.596. The predicted molar refractivity (Wildman–Crippen MR) is 113 cm³/mol. The van der Waals surface area contributed by atoms with Crippen LogP contribution in [0.4, 0.5) is 0 Å². The number of fused-ring (bicyclic) bond motifs is 8. The predicted octanol–water partition coefficient (Wildman–Crippen LogP) is 5.10. The van der Waals surface area contributed by atoms with Gasteiger partial charge < -0.3 is 8.83 Å². The van der Waals surface area contributed by atoms with Crippen molar-refractivity contribution in [2.45, 2.75) is 0 Å². The summed E-state index contributed by atoms with van der Waals surface area (Å²) in [6.07, 6.45) is 7.05. The second kappa shape index (κ2) is 5.61. The fourth-order valence-electron chi connectivity index (χ4n) is 4.22. The molecular weight excluding hydrogens is 376 g/mol. The first-order valence-corrected chi connectivity index (χ1v) is 9.60. The van der Waals surface area contributed by atoms with Gasteiger partial charge in [0.15, 0.2) is 5.58 Å². The number of nitrogens with zero attached hydrogens (tertiary/aromatic N) is 4. The number of benzene rings is 3. The highest BCUT2D eigenvalue weighted by Gasteiger charge is 2.18. The van der Waals surface area contributed by atoms with E-state index in [1.54, 1.807) is 12.5 Å². The van der Waals surface area contributed by atoms with Crippen LogP contribution in [0.3, 0.4) is 0 Å². The normalized spacial score (nSPS) is 12.0. The van der Waals surface area contributed by atoms with E-state index in [1.165, 1.54) is 0 Å². The molecule has 0 atom stereocenters. The molecule has 0 bridgehead atoms. The van der Waals surface area contributed by atoms with Gasteiger partial charge in [-0.05, 0) is 35.3 Å². The summed E-state index contributed by atoms with van der Waals surface area (Å²) >= 11 is 0. The van der Waals surface area contributed by atoms with E-state index in [9.17, 15) is 0 Å². The number of aromatic nitrogens is 4. The Labute approximate surface area is 169 Å². The van der Waals surface area contributed by atoms with Gasteiger partial charge in [0.05, 0.1) is 11.6 Å². The van der Waals surface area contributed by atoms with Crippen LogP contribution in [-0.2, 0) is 0 Å². The van der Waals surface area contributed by atoms with Crippen LogP contribution in [0.5, 0.6) is 0 Å². The molecule has 6 nitrogen and oxygen atoms in total. The number of para-hydroxylation sites is 1. The summed E-state index contributed by atoms with van der Waals surface area (Å²) in [4.78, 5) is 13.1. The summed E-state index contributed by atoms with van der Waals surface area (Å²) in [5.74, 6) is 0. The maximum absolute atomic E-state index is 6.10.